The topological polar surface area (TPSA) is 47.4 Å². The van der Waals surface area contributed by atoms with E-state index in [-0.39, 0.29) is 11.1 Å². The summed E-state index contributed by atoms with van der Waals surface area (Å²) in [5.74, 6) is -0.150. The molecule has 0 radical (unpaired) electrons. The number of para-hydroxylation sites is 1. The smallest absolute Gasteiger partial charge is 0.271 e. The van der Waals surface area contributed by atoms with Crippen LogP contribution in [0.1, 0.15) is 5.56 Å². The molecule has 2 aromatic rings. The number of benzene rings is 2. The van der Waals surface area contributed by atoms with Crippen LogP contribution in [0.4, 0.5) is 11.4 Å². The summed E-state index contributed by atoms with van der Waals surface area (Å²) >= 11 is 1.19. The van der Waals surface area contributed by atoms with Crippen molar-refractivity contribution in [2.24, 2.45) is 0 Å². The van der Waals surface area contributed by atoms with Crippen LogP contribution in [-0.4, -0.2) is 25.2 Å². The molecule has 0 aliphatic carbocycles. The molecule has 1 heterocycles. The van der Waals surface area contributed by atoms with E-state index in [0.717, 1.165) is 16.9 Å². The van der Waals surface area contributed by atoms with E-state index in [9.17, 15) is 4.79 Å². The molecule has 0 saturated carbocycles. The molecule has 116 valence electrons. The van der Waals surface area contributed by atoms with Gasteiger partial charge in [0.15, 0.2) is 5.17 Å². The minimum atomic E-state index is -0.150. The minimum Gasteiger partial charge on any atom is -0.378 e. The third kappa shape index (κ3) is 3.14. The van der Waals surface area contributed by atoms with Gasteiger partial charge in [0.2, 0.25) is 0 Å². The van der Waals surface area contributed by atoms with Crippen molar-refractivity contribution >= 4 is 40.3 Å². The van der Waals surface area contributed by atoms with E-state index in [4.69, 9.17) is 5.41 Å². The zero-order chi connectivity index (χ0) is 16.4. The molecule has 3 rings (SSSR count). The zero-order valence-corrected chi connectivity index (χ0v) is 13.8. The highest BCUT2D eigenvalue weighted by Crippen LogP contribution is 2.35. The van der Waals surface area contributed by atoms with Crippen molar-refractivity contribution in [3.05, 3.63) is 65.1 Å². The predicted octanol–water partition coefficient (Wildman–Crippen LogP) is 3.81. The Balaban J connectivity index is 1.87. The van der Waals surface area contributed by atoms with Gasteiger partial charge in [-0.3, -0.25) is 15.1 Å². The first-order valence-corrected chi connectivity index (χ1v) is 8.03. The number of carbonyl (C=O) groups excluding carboxylic acids is 1. The van der Waals surface area contributed by atoms with Crippen LogP contribution >= 0.6 is 11.8 Å². The lowest BCUT2D eigenvalue weighted by Gasteiger charge is -2.13. The van der Waals surface area contributed by atoms with Gasteiger partial charge in [0.1, 0.15) is 0 Å². The largest absolute Gasteiger partial charge is 0.378 e. The zero-order valence-electron chi connectivity index (χ0n) is 13.0. The van der Waals surface area contributed by atoms with Crippen molar-refractivity contribution in [3.63, 3.8) is 0 Å². The number of amides is 1. The molecule has 0 aromatic heterocycles. The van der Waals surface area contributed by atoms with E-state index in [1.165, 1.54) is 16.7 Å². The highest BCUT2D eigenvalue weighted by Gasteiger charge is 2.33. The van der Waals surface area contributed by atoms with Gasteiger partial charge in [-0.05, 0) is 47.7 Å². The SMILES string of the molecule is CN(C)c1ccc(/C=C2\SC(=N)N(c3ccccc3)C2=O)cc1. The average Bonchev–Trinajstić information content (AvgIpc) is 2.82. The molecule has 0 atom stereocenters. The number of nitrogens with zero attached hydrogens (tertiary/aromatic N) is 2. The number of thioether (sulfide) groups is 1. The lowest BCUT2D eigenvalue weighted by Crippen LogP contribution is -2.27. The number of carbonyl (C=O) groups is 1. The second kappa shape index (κ2) is 6.30. The van der Waals surface area contributed by atoms with Crippen molar-refractivity contribution in [1.82, 2.24) is 0 Å². The Bertz CT molecular complexity index is 767. The van der Waals surface area contributed by atoms with Crippen LogP contribution < -0.4 is 9.80 Å². The Morgan fingerprint density at radius 3 is 2.30 bits per heavy atom. The first-order valence-electron chi connectivity index (χ1n) is 7.21. The molecule has 1 aliphatic heterocycles. The number of hydrogen-bond acceptors (Lipinski definition) is 4. The van der Waals surface area contributed by atoms with Gasteiger partial charge in [-0.25, -0.2) is 0 Å². The van der Waals surface area contributed by atoms with Crippen molar-refractivity contribution in [2.45, 2.75) is 0 Å². The standard InChI is InChI=1S/C18H17N3OS/c1-20(2)14-10-8-13(9-11-14)12-16-17(22)21(18(19)23-16)15-6-4-3-5-7-15/h3-12,19H,1-2H3/b16-12-,19-18?. The summed E-state index contributed by atoms with van der Waals surface area (Å²) in [6.45, 7) is 0. The first-order chi connectivity index (χ1) is 11.1. The summed E-state index contributed by atoms with van der Waals surface area (Å²) < 4.78 is 0. The van der Waals surface area contributed by atoms with E-state index in [1.807, 2.05) is 79.7 Å². The predicted molar refractivity (Wildman–Crippen MR) is 98.0 cm³/mol. The Morgan fingerprint density at radius 1 is 1.04 bits per heavy atom. The van der Waals surface area contributed by atoms with Gasteiger partial charge in [-0.1, -0.05) is 30.3 Å². The van der Waals surface area contributed by atoms with E-state index in [2.05, 4.69) is 0 Å². The van der Waals surface area contributed by atoms with Gasteiger partial charge < -0.3 is 4.90 Å². The highest BCUT2D eigenvalue weighted by molar-refractivity contribution is 8.19. The second-order valence-electron chi connectivity index (χ2n) is 5.38. The first kappa shape index (κ1) is 15.4. The van der Waals surface area contributed by atoms with Crippen LogP contribution in [0.25, 0.3) is 6.08 Å². The fourth-order valence-corrected chi connectivity index (χ4v) is 3.18. The van der Waals surface area contributed by atoms with Crippen LogP contribution in [0, 0.1) is 5.41 Å². The molecule has 0 unspecified atom stereocenters. The normalized spacial score (nSPS) is 16.3. The van der Waals surface area contributed by atoms with E-state index < -0.39 is 0 Å². The molecule has 4 nitrogen and oxygen atoms in total. The highest BCUT2D eigenvalue weighted by atomic mass is 32.2. The number of nitrogens with one attached hydrogen (secondary N) is 1. The third-order valence-electron chi connectivity index (χ3n) is 3.55. The molecule has 1 amide bonds. The van der Waals surface area contributed by atoms with Gasteiger partial charge >= 0.3 is 0 Å². The lowest BCUT2D eigenvalue weighted by atomic mass is 10.2. The fraction of sp³-hybridized carbons (Fsp3) is 0.111. The van der Waals surface area contributed by atoms with E-state index >= 15 is 0 Å². The molecule has 0 bridgehead atoms. The maximum Gasteiger partial charge on any atom is 0.271 e. The molecule has 0 spiro atoms. The van der Waals surface area contributed by atoms with Crippen LogP contribution in [0.2, 0.25) is 0 Å². The maximum atomic E-state index is 12.6. The van der Waals surface area contributed by atoms with Crippen molar-refractivity contribution in [3.8, 4) is 0 Å². The second-order valence-corrected chi connectivity index (χ2v) is 6.41. The molecule has 23 heavy (non-hydrogen) atoms. The molecule has 1 aliphatic rings. The van der Waals surface area contributed by atoms with Crippen molar-refractivity contribution in [1.29, 1.82) is 5.41 Å². The number of hydrogen-bond donors (Lipinski definition) is 1. The van der Waals surface area contributed by atoms with Crippen LogP contribution in [0.3, 0.4) is 0 Å². The molecule has 5 heteroatoms. The van der Waals surface area contributed by atoms with Crippen molar-refractivity contribution < 1.29 is 4.79 Å². The molecule has 1 N–H and O–H groups in total. The maximum absolute atomic E-state index is 12.6. The number of amidine groups is 1. The average molecular weight is 323 g/mol. The molecular formula is C18H17N3OS. The summed E-state index contributed by atoms with van der Waals surface area (Å²) in [6, 6.07) is 17.3. The Labute approximate surface area is 139 Å². The third-order valence-corrected chi connectivity index (χ3v) is 4.43. The van der Waals surface area contributed by atoms with E-state index in [1.54, 1.807) is 0 Å². The van der Waals surface area contributed by atoms with Crippen LogP contribution in [-0.2, 0) is 4.79 Å². The Kier molecular flexibility index (Phi) is 4.21. The van der Waals surface area contributed by atoms with E-state index in [0.29, 0.717) is 4.91 Å². The van der Waals surface area contributed by atoms with Gasteiger partial charge in [-0.2, -0.15) is 0 Å². The van der Waals surface area contributed by atoms with Crippen LogP contribution in [0.15, 0.2) is 59.5 Å². The van der Waals surface area contributed by atoms with Gasteiger partial charge in [0.25, 0.3) is 5.91 Å². The number of rotatable bonds is 3. The summed E-state index contributed by atoms with van der Waals surface area (Å²) in [5.41, 5.74) is 2.78. The summed E-state index contributed by atoms with van der Waals surface area (Å²) in [6.07, 6.45) is 1.84. The molecule has 1 saturated heterocycles. The Hall–Kier alpha value is -2.53. The molecule has 1 fully saturated rings. The van der Waals surface area contributed by atoms with Gasteiger partial charge in [0, 0.05) is 19.8 Å². The quantitative estimate of drug-likeness (QED) is 0.874. The van der Waals surface area contributed by atoms with Crippen molar-refractivity contribution in [2.75, 3.05) is 23.9 Å². The summed E-state index contributed by atoms with van der Waals surface area (Å²) in [4.78, 5) is 16.6. The lowest BCUT2D eigenvalue weighted by molar-refractivity contribution is -0.113. The Morgan fingerprint density at radius 2 is 1.70 bits per heavy atom. The molecule has 2 aromatic carbocycles. The van der Waals surface area contributed by atoms with Gasteiger partial charge in [-0.15, -0.1) is 0 Å². The fourth-order valence-electron chi connectivity index (χ4n) is 2.32. The number of anilines is 2. The summed E-state index contributed by atoms with van der Waals surface area (Å²) in [7, 11) is 3.98. The van der Waals surface area contributed by atoms with Gasteiger partial charge in [0.05, 0.1) is 10.6 Å². The monoisotopic (exact) mass is 323 g/mol. The van der Waals surface area contributed by atoms with Crippen LogP contribution in [0.5, 0.6) is 0 Å². The molecular weight excluding hydrogens is 306 g/mol. The summed E-state index contributed by atoms with van der Waals surface area (Å²) in [5, 5.41) is 8.31. The minimum absolute atomic E-state index is 0.150.